The molecule has 0 aliphatic heterocycles. The summed E-state index contributed by atoms with van der Waals surface area (Å²) < 4.78 is 16.1. The van der Waals surface area contributed by atoms with E-state index in [1.807, 2.05) is 30.3 Å². The maximum atomic E-state index is 12.5. The number of halogens is 1. The average Bonchev–Trinajstić information content (AvgIpc) is 2.68. The molecule has 0 saturated heterocycles. The van der Waals surface area contributed by atoms with Crippen LogP contribution in [-0.4, -0.2) is 33.8 Å². The van der Waals surface area contributed by atoms with Gasteiger partial charge in [-0.1, -0.05) is 30.3 Å². The van der Waals surface area contributed by atoms with Crippen LogP contribution in [0.1, 0.15) is 18.1 Å². The summed E-state index contributed by atoms with van der Waals surface area (Å²) in [6, 6.07) is 12.9. The highest BCUT2D eigenvalue weighted by Gasteiger charge is 2.30. The summed E-state index contributed by atoms with van der Waals surface area (Å²) in [7, 11) is 4.76. The molecule has 2 rings (SSSR count). The first-order valence-corrected chi connectivity index (χ1v) is 8.35. The van der Waals surface area contributed by atoms with Crippen molar-refractivity contribution < 1.29 is 19.0 Å². The molecule has 0 bridgehead atoms. The van der Waals surface area contributed by atoms with Crippen molar-refractivity contribution >= 4 is 18.3 Å². The fourth-order valence-corrected chi connectivity index (χ4v) is 2.72. The van der Waals surface area contributed by atoms with Gasteiger partial charge in [0.15, 0.2) is 0 Å². The fourth-order valence-electron chi connectivity index (χ4n) is 2.72. The SMILES string of the molecule is COc1cc(OC)c(CCNC(=O)C(C)(N)c2ccccc2)c(OC)c1.Cl. The van der Waals surface area contributed by atoms with Crippen LogP contribution in [0, 0.1) is 0 Å². The number of nitrogens with one attached hydrogen (secondary N) is 1. The molecule has 2 aromatic carbocycles. The Morgan fingerprint density at radius 3 is 2.07 bits per heavy atom. The van der Waals surface area contributed by atoms with Crippen molar-refractivity contribution in [2.45, 2.75) is 18.9 Å². The predicted molar refractivity (Wildman–Crippen MR) is 108 cm³/mol. The molecular weight excluding hydrogens is 368 g/mol. The van der Waals surface area contributed by atoms with Crippen molar-refractivity contribution in [2.75, 3.05) is 27.9 Å². The largest absolute Gasteiger partial charge is 0.496 e. The number of methoxy groups -OCH3 is 3. The molecule has 0 spiro atoms. The predicted octanol–water partition coefficient (Wildman–Crippen LogP) is 2.67. The first-order valence-electron chi connectivity index (χ1n) is 8.35. The molecule has 0 aliphatic rings. The first-order chi connectivity index (χ1) is 12.4. The van der Waals surface area contributed by atoms with E-state index in [-0.39, 0.29) is 18.3 Å². The summed E-state index contributed by atoms with van der Waals surface area (Å²) in [5.74, 6) is 1.70. The molecule has 0 radical (unpaired) electrons. The third-order valence-electron chi connectivity index (χ3n) is 4.32. The van der Waals surface area contributed by atoms with Gasteiger partial charge in [0.05, 0.1) is 21.3 Å². The molecule has 6 nitrogen and oxygen atoms in total. The van der Waals surface area contributed by atoms with Crippen LogP contribution >= 0.6 is 12.4 Å². The fraction of sp³-hybridized carbons (Fsp3) is 0.350. The van der Waals surface area contributed by atoms with Gasteiger partial charge in [-0.15, -0.1) is 12.4 Å². The number of rotatable bonds is 8. The molecule has 2 aromatic rings. The zero-order valence-electron chi connectivity index (χ0n) is 16.1. The molecule has 148 valence electrons. The van der Waals surface area contributed by atoms with Gasteiger partial charge < -0.3 is 25.3 Å². The first kappa shape index (κ1) is 22.6. The third kappa shape index (κ3) is 5.28. The highest BCUT2D eigenvalue weighted by Crippen LogP contribution is 2.34. The Morgan fingerprint density at radius 1 is 1.04 bits per heavy atom. The second-order valence-electron chi connectivity index (χ2n) is 6.08. The van der Waals surface area contributed by atoms with Crippen LogP contribution in [0.25, 0.3) is 0 Å². The Balaban J connectivity index is 0.00000364. The zero-order valence-corrected chi connectivity index (χ0v) is 16.9. The number of amides is 1. The highest BCUT2D eigenvalue weighted by molar-refractivity contribution is 5.87. The maximum Gasteiger partial charge on any atom is 0.244 e. The maximum absolute atomic E-state index is 12.5. The van der Waals surface area contributed by atoms with Crippen LogP contribution in [0.2, 0.25) is 0 Å². The van der Waals surface area contributed by atoms with Crippen LogP contribution in [-0.2, 0) is 16.8 Å². The lowest BCUT2D eigenvalue weighted by Crippen LogP contribution is -2.49. The van der Waals surface area contributed by atoms with E-state index >= 15 is 0 Å². The van der Waals surface area contributed by atoms with E-state index in [4.69, 9.17) is 19.9 Å². The Labute approximate surface area is 166 Å². The second-order valence-corrected chi connectivity index (χ2v) is 6.08. The van der Waals surface area contributed by atoms with Crippen LogP contribution in [0.3, 0.4) is 0 Å². The number of carbonyl (C=O) groups excluding carboxylic acids is 1. The van der Waals surface area contributed by atoms with E-state index in [9.17, 15) is 4.79 Å². The van der Waals surface area contributed by atoms with Crippen molar-refractivity contribution in [1.82, 2.24) is 5.32 Å². The lowest BCUT2D eigenvalue weighted by Gasteiger charge is -2.24. The molecule has 0 heterocycles. The van der Waals surface area contributed by atoms with Crippen LogP contribution in [0.4, 0.5) is 0 Å². The average molecular weight is 395 g/mol. The standard InChI is InChI=1S/C20H26N2O4.ClH/c1-20(21,14-8-6-5-7-9-14)19(23)22-11-10-16-17(25-3)12-15(24-2)13-18(16)26-4;/h5-9,12-13H,10-11,21H2,1-4H3,(H,22,23);1H. The lowest BCUT2D eigenvalue weighted by atomic mass is 9.92. The van der Waals surface area contributed by atoms with Gasteiger partial charge in [0.1, 0.15) is 22.8 Å². The van der Waals surface area contributed by atoms with Crippen molar-refractivity contribution in [2.24, 2.45) is 5.73 Å². The van der Waals surface area contributed by atoms with Gasteiger partial charge in [0, 0.05) is 24.2 Å². The molecule has 1 amide bonds. The topological polar surface area (TPSA) is 82.8 Å². The molecule has 0 aromatic heterocycles. The van der Waals surface area contributed by atoms with Crippen LogP contribution in [0.15, 0.2) is 42.5 Å². The molecular formula is C20H27ClN2O4. The minimum Gasteiger partial charge on any atom is -0.496 e. The van der Waals surface area contributed by atoms with Crippen molar-refractivity contribution in [1.29, 1.82) is 0 Å². The molecule has 0 saturated carbocycles. The monoisotopic (exact) mass is 394 g/mol. The molecule has 0 aliphatic carbocycles. The summed E-state index contributed by atoms with van der Waals surface area (Å²) in [5.41, 5.74) is 6.75. The summed E-state index contributed by atoms with van der Waals surface area (Å²) in [4.78, 5) is 12.5. The quantitative estimate of drug-likeness (QED) is 0.719. The molecule has 3 N–H and O–H groups in total. The van der Waals surface area contributed by atoms with E-state index < -0.39 is 5.54 Å². The molecule has 0 fully saturated rings. The molecule has 7 heteroatoms. The number of ether oxygens (including phenoxy) is 3. The van der Waals surface area contributed by atoms with Crippen LogP contribution in [0.5, 0.6) is 17.2 Å². The summed E-state index contributed by atoms with van der Waals surface area (Å²) in [6.07, 6.45) is 0.535. The van der Waals surface area contributed by atoms with Crippen molar-refractivity contribution in [3.05, 3.63) is 53.6 Å². The lowest BCUT2D eigenvalue weighted by molar-refractivity contribution is -0.126. The van der Waals surface area contributed by atoms with E-state index in [1.165, 1.54) is 0 Å². The van der Waals surface area contributed by atoms with Crippen LogP contribution < -0.4 is 25.3 Å². The number of benzene rings is 2. The van der Waals surface area contributed by atoms with Gasteiger partial charge in [0.2, 0.25) is 5.91 Å². The third-order valence-corrected chi connectivity index (χ3v) is 4.32. The van der Waals surface area contributed by atoms with E-state index in [0.29, 0.717) is 30.2 Å². The molecule has 27 heavy (non-hydrogen) atoms. The smallest absolute Gasteiger partial charge is 0.244 e. The van der Waals surface area contributed by atoms with Crippen molar-refractivity contribution in [3.63, 3.8) is 0 Å². The molecule has 1 atom stereocenters. The number of hydrogen-bond donors (Lipinski definition) is 2. The van der Waals surface area contributed by atoms with Gasteiger partial charge in [-0.3, -0.25) is 4.79 Å². The molecule has 1 unspecified atom stereocenters. The summed E-state index contributed by atoms with van der Waals surface area (Å²) >= 11 is 0. The Morgan fingerprint density at radius 2 is 1.59 bits per heavy atom. The minimum atomic E-state index is -1.10. The van der Waals surface area contributed by atoms with Gasteiger partial charge in [-0.25, -0.2) is 0 Å². The summed E-state index contributed by atoms with van der Waals surface area (Å²) in [6.45, 7) is 2.10. The van der Waals surface area contributed by atoms with Crippen molar-refractivity contribution in [3.8, 4) is 17.2 Å². The Bertz CT molecular complexity index is 726. The Hall–Kier alpha value is -2.44. The highest BCUT2D eigenvalue weighted by atomic mass is 35.5. The zero-order chi connectivity index (χ0) is 19.2. The number of hydrogen-bond acceptors (Lipinski definition) is 5. The normalized spacial score (nSPS) is 12.3. The summed E-state index contributed by atoms with van der Waals surface area (Å²) in [5, 5.41) is 2.89. The van der Waals surface area contributed by atoms with Gasteiger partial charge >= 0.3 is 0 Å². The van der Waals surface area contributed by atoms with E-state index in [1.54, 1.807) is 40.4 Å². The van der Waals surface area contributed by atoms with E-state index in [0.717, 1.165) is 11.1 Å². The van der Waals surface area contributed by atoms with Gasteiger partial charge in [0.25, 0.3) is 0 Å². The minimum absolute atomic E-state index is 0. The van der Waals surface area contributed by atoms with E-state index in [2.05, 4.69) is 5.32 Å². The van der Waals surface area contributed by atoms with Gasteiger partial charge in [-0.05, 0) is 18.9 Å². The number of carbonyl (C=O) groups is 1. The Kier molecular flexibility index (Phi) is 8.40. The van der Waals surface area contributed by atoms with Gasteiger partial charge in [-0.2, -0.15) is 0 Å². The number of nitrogens with two attached hydrogens (primary N) is 1. The second kappa shape index (κ2) is 10.0.